The van der Waals surface area contributed by atoms with Gasteiger partial charge in [0.15, 0.2) is 0 Å². The zero-order valence-corrected chi connectivity index (χ0v) is 11.9. The number of carbonyl (C=O) groups is 1. The molecule has 0 aromatic heterocycles. The number of carbonyl (C=O) groups excluding carboxylic acids is 1. The first-order valence-corrected chi connectivity index (χ1v) is 6.43. The summed E-state index contributed by atoms with van der Waals surface area (Å²) in [7, 11) is 0. The minimum Gasteiger partial charge on any atom is -0.339 e. The predicted octanol–water partition coefficient (Wildman–Crippen LogP) is 3.69. The molecule has 0 atom stereocenters. The van der Waals surface area contributed by atoms with Gasteiger partial charge in [-0.25, -0.2) is 0 Å². The van der Waals surface area contributed by atoms with E-state index < -0.39 is 0 Å². The third-order valence-electron chi connectivity index (χ3n) is 2.21. The SMILES string of the molecule is CCN(CC)C(=O)c1cc(Br)ccc1Br. The third kappa shape index (κ3) is 3.05. The van der Waals surface area contributed by atoms with Crippen molar-refractivity contribution in [2.45, 2.75) is 13.8 Å². The number of hydrogen-bond acceptors (Lipinski definition) is 1. The number of nitrogens with zero attached hydrogens (tertiary/aromatic N) is 1. The molecule has 0 aliphatic carbocycles. The Morgan fingerprint density at radius 3 is 2.40 bits per heavy atom. The van der Waals surface area contributed by atoms with Crippen LogP contribution in [0.5, 0.6) is 0 Å². The van der Waals surface area contributed by atoms with E-state index in [2.05, 4.69) is 31.9 Å². The van der Waals surface area contributed by atoms with Gasteiger partial charge in [-0.15, -0.1) is 0 Å². The molecule has 15 heavy (non-hydrogen) atoms. The lowest BCUT2D eigenvalue weighted by molar-refractivity contribution is 0.0772. The van der Waals surface area contributed by atoms with E-state index in [0.29, 0.717) is 5.56 Å². The molecule has 82 valence electrons. The zero-order valence-electron chi connectivity index (χ0n) is 8.76. The maximum atomic E-state index is 12.1. The van der Waals surface area contributed by atoms with E-state index in [-0.39, 0.29) is 5.91 Å². The van der Waals surface area contributed by atoms with E-state index in [9.17, 15) is 4.79 Å². The van der Waals surface area contributed by atoms with Crippen LogP contribution in [0.2, 0.25) is 0 Å². The van der Waals surface area contributed by atoms with Crippen LogP contribution in [-0.4, -0.2) is 23.9 Å². The van der Waals surface area contributed by atoms with Gasteiger partial charge in [0.05, 0.1) is 5.56 Å². The quantitative estimate of drug-likeness (QED) is 0.825. The second kappa shape index (κ2) is 5.66. The molecular formula is C11H13Br2NO. The molecule has 4 heteroatoms. The summed E-state index contributed by atoms with van der Waals surface area (Å²) in [6.07, 6.45) is 0. The zero-order chi connectivity index (χ0) is 11.4. The minimum absolute atomic E-state index is 0.0631. The third-order valence-corrected chi connectivity index (χ3v) is 3.39. The molecule has 1 rings (SSSR count). The molecule has 0 fully saturated rings. The van der Waals surface area contributed by atoms with Gasteiger partial charge in [-0.1, -0.05) is 15.9 Å². The Morgan fingerprint density at radius 2 is 1.87 bits per heavy atom. The summed E-state index contributed by atoms with van der Waals surface area (Å²) in [4.78, 5) is 13.9. The summed E-state index contributed by atoms with van der Waals surface area (Å²) in [5.41, 5.74) is 0.702. The summed E-state index contributed by atoms with van der Waals surface area (Å²) in [5, 5.41) is 0. The molecule has 0 N–H and O–H groups in total. The molecule has 1 aromatic carbocycles. The fourth-order valence-corrected chi connectivity index (χ4v) is 2.12. The van der Waals surface area contributed by atoms with Crippen LogP contribution < -0.4 is 0 Å². The van der Waals surface area contributed by atoms with Crippen molar-refractivity contribution in [2.24, 2.45) is 0 Å². The lowest BCUT2D eigenvalue weighted by Gasteiger charge is -2.19. The fourth-order valence-electron chi connectivity index (χ4n) is 1.34. The summed E-state index contributed by atoms with van der Waals surface area (Å²) < 4.78 is 1.75. The number of benzene rings is 1. The van der Waals surface area contributed by atoms with Gasteiger partial charge in [0, 0.05) is 22.0 Å². The Kier molecular flexibility index (Phi) is 4.80. The van der Waals surface area contributed by atoms with Crippen LogP contribution in [0.25, 0.3) is 0 Å². The Morgan fingerprint density at radius 1 is 1.27 bits per heavy atom. The van der Waals surface area contributed by atoms with E-state index in [4.69, 9.17) is 0 Å². The summed E-state index contributed by atoms with van der Waals surface area (Å²) in [6, 6.07) is 5.62. The average molecular weight is 335 g/mol. The highest BCUT2D eigenvalue weighted by Gasteiger charge is 2.15. The number of amides is 1. The second-order valence-electron chi connectivity index (χ2n) is 3.10. The van der Waals surface area contributed by atoms with Gasteiger partial charge in [-0.2, -0.15) is 0 Å². The van der Waals surface area contributed by atoms with Crippen molar-refractivity contribution in [3.8, 4) is 0 Å². The molecule has 0 saturated heterocycles. The standard InChI is InChI=1S/C11H13Br2NO/c1-3-14(4-2)11(15)9-7-8(12)5-6-10(9)13/h5-7H,3-4H2,1-2H3. The maximum Gasteiger partial charge on any atom is 0.255 e. The van der Waals surface area contributed by atoms with Gasteiger partial charge < -0.3 is 4.90 Å². The van der Waals surface area contributed by atoms with Gasteiger partial charge in [-0.3, -0.25) is 4.79 Å². The Balaban J connectivity index is 3.04. The Hall–Kier alpha value is -0.350. The number of hydrogen-bond donors (Lipinski definition) is 0. The fraction of sp³-hybridized carbons (Fsp3) is 0.364. The second-order valence-corrected chi connectivity index (χ2v) is 4.87. The van der Waals surface area contributed by atoms with E-state index in [1.54, 1.807) is 4.90 Å². The van der Waals surface area contributed by atoms with Crippen LogP contribution in [0.4, 0.5) is 0 Å². The molecule has 0 saturated carbocycles. The topological polar surface area (TPSA) is 20.3 Å². The smallest absolute Gasteiger partial charge is 0.255 e. The van der Waals surface area contributed by atoms with Crippen molar-refractivity contribution in [3.63, 3.8) is 0 Å². The first kappa shape index (κ1) is 12.7. The summed E-state index contributed by atoms with van der Waals surface area (Å²) in [6.45, 7) is 5.42. The van der Waals surface area contributed by atoms with Crippen molar-refractivity contribution < 1.29 is 4.79 Å². The molecule has 1 amide bonds. The van der Waals surface area contributed by atoms with Crippen LogP contribution in [0, 0.1) is 0 Å². The highest BCUT2D eigenvalue weighted by Crippen LogP contribution is 2.22. The van der Waals surface area contributed by atoms with Gasteiger partial charge in [0.1, 0.15) is 0 Å². The highest BCUT2D eigenvalue weighted by molar-refractivity contribution is 9.11. The van der Waals surface area contributed by atoms with Crippen LogP contribution in [0.3, 0.4) is 0 Å². The first-order chi connectivity index (χ1) is 7.10. The lowest BCUT2D eigenvalue weighted by Crippen LogP contribution is -2.30. The van der Waals surface area contributed by atoms with Crippen molar-refractivity contribution in [3.05, 3.63) is 32.7 Å². The van der Waals surface area contributed by atoms with Crippen LogP contribution in [0.1, 0.15) is 24.2 Å². The largest absolute Gasteiger partial charge is 0.339 e. The summed E-state index contributed by atoms with van der Waals surface area (Å²) >= 11 is 6.76. The van der Waals surface area contributed by atoms with E-state index in [0.717, 1.165) is 22.0 Å². The lowest BCUT2D eigenvalue weighted by atomic mass is 10.2. The molecule has 0 bridgehead atoms. The maximum absolute atomic E-state index is 12.1. The summed E-state index contributed by atoms with van der Waals surface area (Å²) in [5.74, 6) is 0.0631. The normalized spacial score (nSPS) is 10.1. The molecule has 0 spiro atoms. The van der Waals surface area contributed by atoms with Crippen molar-refractivity contribution >= 4 is 37.8 Å². The van der Waals surface area contributed by atoms with Crippen molar-refractivity contribution in [2.75, 3.05) is 13.1 Å². The Labute approximate surface area is 107 Å². The first-order valence-electron chi connectivity index (χ1n) is 4.84. The molecule has 1 aromatic rings. The van der Waals surface area contributed by atoms with Gasteiger partial charge >= 0.3 is 0 Å². The molecule has 0 aliphatic rings. The average Bonchev–Trinajstić information content (AvgIpc) is 2.23. The Bertz CT molecular complexity index is 362. The molecule has 0 aliphatic heterocycles. The van der Waals surface area contributed by atoms with Crippen LogP contribution >= 0.6 is 31.9 Å². The van der Waals surface area contributed by atoms with Gasteiger partial charge in [-0.05, 0) is 48.0 Å². The van der Waals surface area contributed by atoms with Crippen molar-refractivity contribution in [1.82, 2.24) is 4.90 Å². The number of halogens is 2. The van der Waals surface area contributed by atoms with E-state index in [1.807, 2.05) is 32.0 Å². The van der Waals surface area contributed by atoms with Gasteiger partial charge in [0.2, 0.25) is 0 Å². The molecule has 0 heterocycles. The number of rotatable bonds is 3. The molecule has 0 radical (unpaired) electrons. The molecular weight excluding hydrogens is 322 g/mol. The van der Waals surface area contributed by atoms with E-state index >= 15 is 0 Å². The molecule has 0 unspecified atom stereocenters. The molecule has 2 nitrogen and oxygen atoms in total. The van der Waals surface area contributed by atoms with Gasteiger partial charge in [0.25, 0.3) is 5.91 Å². The minimum atomic E-state index is 0.0631. The van der Waals surface area contributed by atoms with Crippen LogP contribution in [0.15, 0.2) is 27.1 Å². The predicted molar refractivity (Wildman–Crippen MR) is 69.1 cm³/mol. The van der Waals surface area contributed by atoms with E-state index in [1.165, 1.54) is 0 Å². The van der Waals surface area contributed by atoms with Crippen molar-refractivity contribution in [1.29, 1.82) is 0 Å². The van der Waals surface area contributed by atoms with Crippen LogP contribution in [-0.2, 0) is 0 Å². The monoisotopic (exact) mass is 333 g/mol. The highest BCUT2D eigenvalue weighted by atomic mass is 79.9.